The van der Waals surface area contributed by atoms with Crippen LogP contribution in [0, 0.1) is 6.92 Å². The molecule has 6 nitrogen and oxygen atoms in total. The van der Waals surface area contributed by atoms with Gasteiger partial charge in [-0.3, -0.25) is 4.57 Å². The molecule has 0 bridgehead atoms. The van der Waals surface area contributed by atoms with Crippen molar-refractivity contribution < 1.29 is 4.79 Å². The van der Waals surface area contributed by atoms with Crippen LogP contribution in [0.3, 0.4) is 0 Å². The van der Waals surface area contributed by atoms with Crippen molar-refractivity contribution in [1.29, 1.82) is 0 Å². The maximum Gasteiger partial charge on any atom is 0.330 e. The van der Waals surface area contributed by atoms with Gasteiger partial charge in [0.25, 0.3) is 0 Å². The van der Waals surface area contributed by atoms with Gasteiger partial charge in [-0.15, -0.1) is 0 Å². The number of hydrogen-bond donors (Lipinski definition) is 2. The molecule has 3 aromatic rings. The summed E-state index contributed by atoms with van der Waals surface area (Å²) in [5.41, 5.74) is 2.49. The number of hydrogen-bond acceptors (Lipinski definition) is 2. The monoisotopic (exact) mass is 432 g/mol. The van der Waals surface area contributed by atoms with E-state index in [0.29, 0.717) is 28.0 Å². The third-order valence-electron chi connectivity index (χ3n) is 4.57. The standard InChI is InChI=1S/C21H22Cl2N4O2/c1-13(2)26(12-15-8-9-16(22)17(23)10-15)21(29)25-18-6-4-5-7-19(18)27-14(3)11-24-20(27)28/h4-11,13H,12H2,1-3H3,(H,24,28)(H,25,29). The molecule has 3 rings (SSSR count). The van der Waals surface area contributed by atoms with Crippen molar-refractivity contribution in [3.05, 3.63) is 80.4 Å². The predicted molar refractivity (Wildman–Crippen MR) is 117 cm³/mol. The van der Waals surface area contributed by atoms with Gasteiger partial charge in [0.15, 0.2) is 0 Å². The van der Waals surface area contributed by atoms with E-state index in [9.17, 15) is 9.59 Å². The topological polar surface area (TPSA) is 70.1 Å². The fourth-order valence-corrected chi connectivity index (χ4v) is 3.36. The number of halogens is 2. The van der Waals surface area contributed by atoms with Crippen molar-refractivity contribution in [2.45, 2.75) is 33.4 Å². The minimum absolute atomic E-state index is 0.0617. The molecule has 2 amide bonds. The molecule has 29 heavy (non-hydrogen) atoms. The summed E-state index contributed by atoms with van der Waals surface area (Å²) >= 11 is 12.1. The zero-order valence-corrected chi connectivity index (χ0v) is 17.9. The zero-order valence-electron chi connectivity index (χ0n) is 16.4. The van der Waals surface area contributed by atoms with E-state index in [1.807, 2.05) is 39.0 Å². The molecule has 0 aliphatic heterocycles. The Balaban J connectivity index is 1.88. The molecule has 0 saturated heterocycles. The number of carbonyl (C=O) groups excluding carboxylic acids is 1. The van der Waals surface area contributed by atoms with Crippen LogP contribution in [0.25, 0.3) is 5.69 Å². The number of aromatic nitrogens is 2. The first-order valence-electron chi connectivity index (χ1n) is 9.16. The Kier molecular flexibility index (Phi) is 6.35. The molecule has 0 unspecified atom stereocenters. The van der Waals surface area contributed by atoms with Crippen molar-refractivity contribution >= 4 is 34.9 Å². The van der Waals surface area contributed by atoms with E-state index in [0.717, 1.165) is 11.3 Å². The number of aryl methyl sites for hydroxylation is 1. The van der Waals surface area contributed by atoms with Crippen molar-refractivity contribution in [2.75, 3.05) is 5.32 Å². The molecule has 152 valence electrons. The van der Waals surface area contributed by atoms with Gasteiger partial charge in [-0.05, 0) is 50.6 Å². The van der Waals surface area contributed by atoms with Crippen molar-refractivity contribution in [2.24, 2.45) is 0 Å². The molecule has 0 saturated carbocycles. The lowest BCUT2D eigenvalue weighted by molar-refractivity contribution is 0.193. The third kappa shape index (κ3) is 4.66. The van der Waals surface area contributed by atoms with Crippen LogP contribution in [-0.4, -0.2) is 26.5 Å². The van der Waals surface area contributed by atoms with Gasteiger partial charge in [-0.25, -0.2) is 9.59 Å². The van der Waals surface area contributed by atoms with Crippen LogP contribution in [0.15, 0.2) is 53.5 Å². The Hall–Kier alpha value is -2.70. The van der Waals surface area contributed by atoms with Gasteiger partial charge in [0.2, 0.25) is 0 Å². The minimum Gasteiger partial charge on any atom is -0.318 e. The van der Waals surface area contributed by atoms with Crippen LogP contribution in [0.2, 0.25) is 10.0 Å². The lowest BCUT2D eigenvalue weighted by atomic mass is 10.2. The van der Waals surface area contributed by atoms with Crippen LogP contribution in [-0.2, 0) is 6.54 Å². The molecule has 8 heteroatoms. The molecule has 1 aromatic heterocycles. The maximum absolute atomic E-state index is 13.1. The second kappa shape index (κ2) is 8.76. The Bertz CT molecular complexity index is 1090. The van der Waals surface area contributed by atoms with E-state index in [-0.39, 0.29) is 17.8 Å². The highest BCUT2D eigenvalue weighted by Gasteiger charge is 2.20. The van der Waals surface area contributed by atoms with Crippen molar-refractivity contribution in [3.8, 4) is 5.69 Å². The average Bonchev–Trinajstić information content (AvgIpc) is 3.01. The lowest BCUT2D eigenvalue weighted by Crippen LogP contribution is -2.39. The van der Waals surface area contributed by atoms with Gasteiger partial charge < -0.3 is 15.2 Å². The molecule has 0 aliphatic rings. The maximum atomic E-state index is 13.1. The van der Waals surface area contributed by atoms with Crippen LogP contribution < -0.4 is 11.0 Å². The molecule has 0 fully saturated rings. The number of urea groups is 1. The summed E-state index contributed by atoms with van der Waals surface area (Å²) in [5, 5.41) is 3.85. The fraction of sp³-hybridized carbons (Fsp3) is 0.238. The van der Waals surface area contributed by atoms with Crippen molar-refractivity contribution in [1.82, 2.24) is 14.5 Å². The first-order valence-corrected chi connectivity index (χ1v) is 9.91. The quantitative estimate of drug-likeness (QED) is 0.579. The number of para-hydroxylation sites is 2. The highest BCUT2D eigenvalue weighted by Crippen LogP contribution is 2.25. The summed E-state index contributed by atoms with van der Waals surface area (Å²) in [6.07, 6.45) is 1.63. The second-order valence-corrected chi connectivity index (χ2v) is 7.80. The number of nitrogens with zero attached hydrogens (tertiary/aromatic N) is 2. The van der Waals surface area contributed by atoms with Crippen LogP contribution in [0.1, 0.15) is 25.1 Å². The zero-order chi connectivity index (χ0) is 21.1. The molecular formula is C21H22Cl2N4O2. The molecule has 2 N–H and O–H groups in total. The number of imidazole rings is 1. The first-order chi connectivity index (χ1) is 13.8. The molecular weight excluding hydrogens is 411 g/mol. The van der Waals surface area contributed by atoms with E-state index < -0.39 is 0 Å². The Morgan fingerprint density at radius 2 is 1.90 bits per heavy atom. The van der Waals surface area contributed by atoms with E-state index in [1.54, 1.807) is 35.4 Å². The number of H-pyrrole nitrogens is 1. The van der Waals surface area contributed by atoms with Gasteiger partial charge in [0.05, 0.1) is 21.4 Å². The molecule has 0 radical (unpaired) electrons. The SMILES string of the molecule is Cc1c[nH]c(=O)n1-c1ccccc1NC(=O)N(Cc1ccc(Cl)c(Cl)c1)C(C)C. The van der Waals surface area contributed by atoms with E-state index in [4.69, 9.17) is 23.2 Å². The lowest BCUT2D eigenvalue weighted by Gasteiger charge is -2.27. The highest BCUT2D eigenvalue weighted by molar-refractivity contribution is 6.42. The van der Waals surface area contributed by atoms with Crippen molar-refractivity contribution in [3.63, 3.8) is 0 Å². The number of aromatic amines is 1. The molecule has 2 aromatic carbocycles. The van der Waals surface area contributed by atoms with Gasteiger partial charge in [0.1, 0.15) is 0 Å². The van der Waals surface area contributed by atoms with E-state index in [1.165, 1.54) is 4.57 Å². The van der Waals surface area contributed by atoms with Gasteiger partial charge in [-0.2, -0.15) is 0 Å². The number of rotatable bonds is 5. The summed E-state index contributed by atoms with van der Waals surface area (Å²) in [6, 6.07) is 12.2. The summed E-state index contributed by atoms with van der Waals surface area (Å²) in [5.74, 6) is 0. The Morgan fingerprint density at radius 3 is 2.52 bits per heavy atom. The molecule has 0 aliphatic carbocycles. The van der Waals surface area contributed by atoms with Gasteiger partial charge in [0, 0.05) is 24.5 Å². The highest BCUT2D eigenvalue weighted by atomic mass is 35.5. The number of nitrogens with one attached hydrogen (secondary N) is 2. The average molecular weight is 433 g/mol. The summed E-state index contributed by atoms with van der Waals surface area (Å²) in [7, 11) is 0. The predicted octanol–water partition coefficient (Wildman–Crippen LogP) is 5.22. The van der Waals surface area contributed by atoms with Gasteiger partial charge in [-0.1, -0.05) is 41.4 Å². The first kappa shape index (κ1) is 21.0. The third-order valence-corrected chi connectivity index (χ3v) is 5.31. The van der Waals surface area contributed by atoms with E-state index >= 15 is 0 Å². The fourth-order valence-electron chi connectivity index (χ4n) is 3.04. The molecule has 0 atom stereocenters. The number of benzene rings is 2. The summed E-state index contributed by atoms with van der Waals surface area (Å²) < 4.78 is 1.52. The van der Waals surface area contributed by atoms with Crippen LogP contribution in [0.5, 0.6) is 0 Å². The van der Waals surface area contributed by atoms with Crippen LogP contribution in [0.4, 0.5) is 10.5 Å². The smallest absolute Gasteiger partial charge is 0.318 e. The Morgan fingerprint density at radius 1 is 1.17 bits per heavy atom. The minimum atomic E-state index is -0.278. The molecule has 1 heterocycles. The number of carbonyl (C=O) groups is 1. The van der Waals surface area contributed by atoms with Crippen LogP contribution >= 0.6 is 23.2 Å². The summed E-state index contributed by atoms with van der Waals surface area (Å²) in [6.45, 7) is 6.06. The largest absolute Gasteiger partial charge is 0.330 e. The second-order valence-electron chi connectivity index (χ2n) is 6.99. The molecule has 0 spiro atoms. The number of anilines is 1. The summed E-state index contributed by atoms with van der Waals surface area (Å²) in [4.78, 5) is 29.6. The normalized spacial score (nSPS) is 11.0. The van der Waals surface area contributed by atoms with Gasteiger partial charge >= 0.3 is 11.7 Å². The number of amides is 2. The Labute approximate surface area is 179 Å². The van der Waals surface area contributed by atoms with E-state index in [2.05, 4.69) is 10.3 Å².